The zero-order valence-corrected chi connectivity index (χ0v) is 22.5. The van der Waals surface area contributed by atoms with Crippen molar-refractivity contribution in [3.8, 4) is 0 Å². The molecule has 0 bridgehead atoms. The predicted molar refractivity (Wildman–Crippen MR) is 144 cm³/mol. The van der Waals surface area contributed by atoms with Crippen molar-refractivity contribution in [1.82, 2.24) is 4.90 Å². The van der Waals surface area contributed by atoms with Gasteiger partial charge in [0.2, 0.25) is 0 Å². The van der Waals surface area contributed by atoms with Gasteiger partial charge >= 0.3 is 6.09 Å². The lowest BCUT2D eigenvalue weighted by molar-refractivity contribution is -0.104. The average molecular weight is 458 g/mol. The van der Waals surface area contributed by atoms with Gasteiger partial charge in [0.1, 0.15) is 11.9 Å². The SMILES string of the molecule is CC.CCCCCN(C)C(=O)OC(C)(C)C.CC\C(=C/C=C\C=C\C=O)c1ccccc1C. The molecule has 1 aromatic rings. The summed E-state index contributed by atoms with van der Waals surface area (Å²) in [6.07, 6.45) is 14.0. The highest BCUT2D eigenvalue weighted by molar-refractivity contribution is 5.69. The van der Waals surface area contributed by atoms with E-state index in [1.54, 1.807) is 18.0 Å². The van der Waals surface area contributed by atoms with Crippen LogP contribution < -0.4 is 0 Å². The van der Waals surface area contributed by atoms with Gasteiger partial charge in [-0.05, 0) is 63.3 Å². The van der Waals surface area contributed by atoms with Crippen LogP contribution in [0.2, 0.25) is 0 Å². The van der Waals surface area contributed by atoms with E-state index < -0.39 is 5.60 Å². The van der Waals surface area contributed by atoms with E-state index in [4.69, 9.17) is 4.74 Å². The number of ether oxygens (including phenoxy) is 1. The molecule has 0 aromatic heterocycles. The molecule has 0 aliphatic carbocycles. The number of hydrogen-bond acceptors (Lipinski definition) is 3. The Kier molecular flexibility index (Phi) is 19.8. The molecule has 0 saturated heterocycles. The number of nitrogens with zero attached hydrogens (tertiary/aromatic N) is 1. The van der Waals surface area contributed by atoms with E-state index in [9.17, 15) is 9.59 Å². The molecule has 1 aromatic carbocycles. The number of hydrogen-bond donors (Lipinski definition) is 0. The van der Waals surface area contributed by atoms with Gasteiger partial charge in [-0.1, -0.05) is 89.1 Å². The van der Waals surface area contributed by atoms with Gasteiger partial charge in [0.05, 0.1) is 0 Å². The van der Waals surface area contributed by atoms with Crippen LogP contribution in [0.5, 0.6) is 0 Å². The summed E-state index contributed by atoms with van der Waals surface area (Å²) in [5, 5.41) is 0. The Hall–Kier alpha value is -2.62. The zero-order chi connectivity index (χ0) is 25.7. The van der Waals surface area contributed by atoms with Crippen molar-refractivity contribution in [2.24, 2.45) is 0 Å². The summed E-state index contributed by atoms with van der Waals surface area (Å²) in [7, 11) is 1.78. The van der Waals surface area contributed by atoms with Crippen LogP contribution in [0.15, 0.2) is 54.6 Å². The number of unbranched alkanes of at least 4 members (excludes halogenated alkanes) is 2. The van der Waals surface area contributed by atoms with Gasteiger partial charge < -0.3 is 9.64 Å². The van der Waals surface area contributed by atoms with E-state index in [2.05, 4.69) is 51.1 Å². The first-order chi connectivity index (χ1) is 15.7. The van der Waals surface area contributed by atoms with Gasteiger partial charge in [-0.2, -0.15) is 0 Å². The van der Waals surface area contributed by atoms with Crippen molar-refractivity contribution in [2.75, 3.05) is 13.6 Å². The molecular weight excluding hydrogens is 410 g/mol. The highest BCUT2D eigenvalue weighted by Crippen LogP contribution is 2.21. The second-order valence-electron chi connectivity index (χ2n) is 8.38. The van der Waals surface area contributed by atoms with Gasteiger partial charge in [-0.15, -0.1) is 0 Å². The van der Waals surface area contributed by atoms with Crippen molar-refractivity contribution in [3.05, 3.63) is 65.8 Å². The van der Waals surface area contributed by atoms with Crippen molar-refractivity contribution in [2.45, 2.75) is 86.7 Å². The molecule has 0 unspecified atom stereocenters. The van der Waals surface area contributed by atoms with Gasteiger partial charge in [0, 0.05) is 13.6 Å². The maximum absolute atomic E-state index is 11.5. The second-order valence-corrected chi connectivity index (χ2v) is 8.38. The average Bonchev–Trinajstić information content (AvgIpc) is 2.78. The van der Waals surface area contributed by atoms with E-state index in [0.29, 0.717) is 0 Å². The first-order valence-corrected chi connectivity index (χ1v) is 12.1. The fraction of sp³-hybridized carbons (Fsp3) is 0.517. The molecular formula is C29H47NO3. The number of benzene rings is 1. The molecule has 4 nitrogen and oxygen atoms in total. The van der Waals surface area contributed by atoms with Crippen LogP contribution in [0.1, 0.15) is 85.3 Å². The quantitative estimate of drug-likeness (QED) is 0.163. The van der Waals surface area contributed by atoms with Crippen LogP contribution in [-0.2, 0) is 9.53 Å². The third-order valence-corrected chi connectivity index (χ3v) is 4.38. The molecule has 0 aliphatic heterocycles. The minimum Gasteiger partial charge on any atom is -0.444 e. The molecule has 1 rings (SSSR count). The highest BCUT2D eigenvalue weighted by Gasteiger charge is 2.18. The molecule has 0 aliphatic rings. The van der Waals surface area contributed by atoms with E-state index >= 15 is 0 Å². The Bertz CT molecular complexity index is 739. The lowest BCUT2D eigenvalue weighted by Gasteiger charge is -2.24. The molecule has 0 N–H and O–H groups in total. The first kappa shape index (κ1) is 32.6. The molecule has 0 spiro atoms. The van der Waals surface area contributed by atoms with Crippen LogP contribution in [0, 0.1) is 6.92 Å². The summed E-state index contributed by atoms with van der Waals surface area (Å²) in [6.45, 7) is 16.8. The van der Waals surface area contributed by atoms with E-state index in [-0.39, 0.29) is 6.09 Å². The normalized spacial score (nSPS) is 11.4. The summed E-state index contributed by atoms with van der Waals surface area (Å²) < 4.78 is 5.22. The van der Waals surface area contributed by atoms with Gasteiger partial charge in [-0.25, -0.2) is 4.79 Å². The van der Waals surface area contributed by atoms with Crippen LogP contribution in [0.25, 0.3) is 5.57 Å². The van der Waals surface area contributed by atoms with Crippen LogP contribution in [-0.4, -0.2) is 36.5 Å². The van der Waals surface area contributed by atoms with Crippen molar-refractivity contribution in [3.63, 3.8) is 0 Å². The number of aldehydes is 1. The predicted octanol–water partition coefficient (Wildman–Crippen LogP) is 8.17. The van der Waals surface area contributed by atoms with E-state index in [0.717, 1.165) is 32.1 Å². The maximum Gasteiger partial charge on any atom is 0.410 e. The molecule has 0 atom stereocenters. The van der Waals surface area contributed by atoms with E-state index in [1.807, 2.05) is 46.8 Å². The van der Waals surface area contributed by atoms with Crippen LogP contribution in [0.4, 0.5) is 4.79 Å². The van der Waals surface area contributed by atoms with Gasteiger partial charge in [-0.3, -0.25) is 4.79 Å². The minimum absolute atomic E-state index is 0.228. The fourth-order valence-electron chi connectivity index (χ4n) is 2.71. The molecule has 33 heavy (non-hydrogen) atoms. The van der Waals surface area contributed by atoms with E-state index in [1.165, 1.54) is 29.2 Å². The van der Waals surface area contributed by atoms with Gasteiger partial charge in [0.15, 0.2) is 0 Å². The number of aryl methyl sites for hydroxylation is 1. The number of amides is 1. The largest absolute Gasteiger partial charge is 0.444 e. The molecule has 4 heteroatoms. The number of rotatable bonds is 9. The zero-order valence-electron chi connectivity index (χ0n) is 22.5. The molecule has 0 saturated carbocycles. The Labute approximate surface area is 203 Å². The summed E-state index contributed by atoms with van der Waals surface area (Å²) in [6, 6.07) is 8.37. The Morgan fingerprint density at radius 2 is 1.61 bits per heavy atom. The third-order valence-electron chi connectivity index (χ3n) is 4.38. The Balaban J connectivity index is 0. The van der Waals surface area contributed by atoms with Crippen LogP contribution in [0.3, 0.4) is 0 Å². The fourth-order valence-corrected chi connectivity index (χ4v) is 2.71. The lowest BCUT2D eigenvalue weighted by Crippen LogP contribution is -2.34. The summed E-state index contributed by atoms with van der Waals surface area (Å²) >= 11 is 0. The number of carbonyl (C=O) groups excluding carboxylic acids is 2. The van der Waals surface area contributed by atoms with Crippen LogP contribution >= 0.6 is 0 Å². The first-order valence-electron chi connectivity index (χ1n) is 12.1. The minimum atomic E-state index is -0.393. The third kappa shape index (κ3) is 17.6. The standard InChI is InChI=1S/C16H18O.C11H23NO2.C2H6/c1-3-15(11-6-4-5-9-13-17)16-12-8-7-10-14(16)2;1-6-7-8-9-12(5)10(13)14-11(2,3)4;1-2/h4-13H,3H2,1-2H3;6-9H2,1-5H3;1-2H3/b6-4-,9-5+,15-11+;;. The Morgan fingerprint density at radius 3 is 2.12 bits per heavy atom. The van der Waals surface area contributed by atoms with Crippen molar-refractivity contribution in [1.29, 1.82) is 0 Å². The summed E-state index contributed by atoms with van der Waals surface area (Å²) in [5.41, 5.74) is 3.49. The number of carbonyl (C=O) groups is 2. The van der Waals surface area contributed by atoms with Crippen molar-refractivity contribution < 1.29 is 14.3 Å². The molecule has 186 valence electrons. The lowest BCUT2D eigenvalue weighted by atomic mass is 9.98. The smallest absolute Gasteiger partial charge is 0.410 e. The molecule has 0 fully saturated rings. The van der Waals surface area contributed by atoms with Gasteiger partial charge in [0.25, 0.3) is 0 Å². The highest BCUT2D eigenvalue weighted by atomic mass is 16.6. The van der Waals surface area contributed by atoms with Crippen molar-refractivity contribution >= 4 is 18.0 Å². The monoisotopic (exact) mass is 457 g/mol. The maximum atomic E-state index is 11.5. The summed E-state index contributed by atoms with van der Waals surface area (Å²) in [4.78, 5) is 23.2. The topological polar surface area (TPSA) is 46.6 Å². The Morgan fingerprint density at radius 1 is 1.00 bits per heavy atom. The molecule has 1 amide bonds. The molecule has 0 radical (unpaired) electrons. The number of allylic oxidation sites excluding steroid dienone is 6. The molecule has 0 heterocycles. The second kappa shape index (κ2) is 20.0. The summed E-state index contributed by atoms with van der Waals surface area (Å²) in [5.74, 6) is 0.